The number of hydrogen-bond donors (Lipinski definition) is 1. The minimum absolute atomic E-state index is 0.0755. The fraction of sp³-hybridized carbons (Fsp3) is 0.636. The first-order valence-electron chi connectivity index (χ1n) is 5.40. The molecule has 0 aliphatic carbocycles. The summed E-state index contributed by atoms with van der Waals surface area (Å²) in [7, 11) is 0. The lowest BCUT2D eigenvalue weighted by Gasteiger charge is -2.29. The van der Waals surface area contributed by atoms with Gasteiger partial charge >= 0.3 is 0 Å². The average molecular weight is 305 g/mol. The first kappa shape index (κ1) is 13.6. The summed E-state index contributed by atoms with van der Waals surface area (Å²) in [6, 6.07) is 0. The molecule has 0 fully saturated rings. The van der Waals surface area contributed by atoms with E-state index in [1.165, 1.54) is 11.3 Å². The summed E-state index contributed by atoms with van der Waals surface area (Å²) in [6.07, 6.45) is 2.10. The molecule has 1 rings (SSSR count). The zero-order valence-electron chi connectivity index (χ0n) is 9.62. The first-order chi connectivity index (χ1) is 7.67. The number of aromatic nitrogens is 1. The van der Waals surface area contributed by atoms with Crippen LogP contribution in [0.1, 0.15) is 37.2 Å². The zero-order chi connectivity index (χ0) is 12.0. The molecule has 0 unspecified atom stereocenters. The van der Waals surface area contributed by atoms with E-state index >= 15 is 0 Å². The summed E-state index contributed by atoms with van der Waals surface area (Å²) in [5.74, 6) is -0.0755. The van der Waals surface area contributed by atoms with Gasteiger partial charge in [0, 0.05) is 17.3 Å². The van der Waals surface area contributed by atoms with Gasteiger partial charge < -0.3 is 5.32 Å². The van der Waals surface area contributed by atoms with Gasteiger partial charge in [-0.3, -0.25) is 4.79 Å². The Morgan fingerprint density at radius 2 is 2.25 bits per heavy atom. The van der Waals surface area contributed by atoms with Crippen LogP contribution in [0.4, 0.5) is 0 Å². The summed E-state index contributed by atoms with van der Waals surface area (Å²) in [4.78, 5) is 15.7. The van der Waals surface area contributed by atoms with Gasteiger partial charge in [-0.1, -0.05) is 29.8 Å². The van der Waals surface area contributed by atoms with Crippen molar-refractivity contribution in [2.75, 3.05) is 11.9 Å². The maximum atomic E-state index is 11.7. The number of carbonyl (C=O) groups excluding carboxylic acids is 1. The number of nitrogens with zero attached hydrogens (tertiary/aromatic N) is 1. The highest BCUT2D eigenvalue weighted by Crippen LogP contribution is 2.27. The molecule has 0 radical (unpaired) electrons. The Morgan fingerprint density at radius 1 is 1.56 bits per heavy atom. The molecule has 90 valence electrons. The van der Waals surface area contributed by atoms with Gasteiger partial charge in [-0.15, -0.1) is 11.3 Å². The molecule has 0 saturated heterocycles. The van der Waals surface area contributed by atoms with Gasteiger partial charge in [0.25, 0.3) is 5.91 Å². The number of rotatable bonds is 6. The van der Waals surface area contributed by atoms with E-state index in [-0.39, 0.29) is 11.3 Å². The maximum Gasteiger partial charge on any atom is 0.270 e. The molecule has 1 amide bonds. The van der Waals surface area contributed by atoms with E-state index in [1.54, 1.807) is 10.9 Å². The fourth-order valence-electron chi connectivity index (χ4n) is 1.42. The van der Waals surface area contributed by atoms with Crippen molar-refractivity contribution in [3.63, 3.8) is 0 Å². The number of hydrogen-bond acceptors (Lipinski definition) is 3. The molecule has 0 bridgehead atoms. The molecule has 16 heavy (non-hydrogen) atoms. The van der Waals surface area contributed by atoms with Gasteiger partial charge in [0.05, 0.1) is 5.51 Å². The van der Waals surface area contributed by atoms with Crippen molar-refractivity contribution in [1.82, 2.24) is 10.3 Å². The smallest absolute Gasteiger partial charge is 0.270 e. The monoisotopic (exact) mass is 304 g/mol. The van der Waals surface area contributed by atoms with E-state index < -0.39 is 0 Å². The van der Waals surface area contributed by atoms with Crippen molar-refractivity contribution in [2.45, 2.75) is 26.7 Å². The highest BCUT2D eigenvalue weighted by molar-refractivity contribution is 9.09. The van der Waals surface area contributed by atoms with Gasteiger partial charge in [-0.2, -0.15) is 0 Å². The molecule has 0 saturated carbocycles. The van der Waals surface area contributed by atoms with Gasteiger partial charge in [-0.25, -0.2) is 4.98 Å². The third-order valence-corrected chi connectivity index (χ3v) is 4.85. The first-order valence-corrected chi connectivity index (χ1v) is 7.46. The fourth-order valence-corrected chi connectivity index (χ4v) is 2.94. The van der Waals surface area contributed by atoms with Crippen LogP contribution in [0.15, 0.2) is 10.9 Å². The van der Waals surface area contributed by atoms with Crippen molar-refractivity contribution in [1.29, 1.82) is 0 Å². The van der Waals surface area contributed by atoms with E-state index in [1.807, 2.05) is 0 Å². The average Bonchev–Trinajstić information content (AvgIpc) is 2.85. The predicted molar refractivity (Wildman–Crippen MR) is 71.3 cm³/mol. The molecule has 3 nitrogen and oxygen atoms in total. The van der Waals surface area contributed by atoms with Gasteiger partial charge in [0.2, 0.25) is 0 Å². The highest BCUT2D eigenvalue weighted by atomic mass is 79.9. The van der Waals surface area contributed by atoms with Crippen LogP contribution in [0.2, 0.25) is 0 Å². The largest absolute Gasteiger partial charge is 0.350 e. The lowest BCUT2D eigenvalue weighted by molar-refractivity contribution is 0.0928. The minimum Gasteiger partial charge on any atom is -0.350 e. The van der Waals surface area contributed by atoms with Gasteiger partial charge in [0.1, 0.15) is 5.69 Å². The lowest BCUT2D eigenvalue weighted by Crippen LogP contribution is -2.38. The molecular formula is C11H17BrN2OS. The van der Waals surface area contributed by atoms with Crippen LogP contribution in [0.3, 0.4) is 0 Å². The molecule has 0 aromatic carbocycles. The summed E-state index contributed by atoms with van der Waals surface area (Å²) < 4.78 is 0. The molecule has 0 atom stereocenters. The number of carbonyl (C=O) groups is 1. The molecule has 1 aromatic rings. The molecule has 1 aromatic heterocycles. The molecule has 5 heteroatoms. The Bertz CT molecular complexity index is 314. The second-order valence-corrected chi connectivity index (χ2v) is 5.18. The van der Waals surface area contributed by atoms with E-state index in [0.29, 0.717) is 12.2 Å². The standard InChI is InChI=1S/C11H17BrN2OS/c1-3-11(4-2,6-12)7-13-10(15)9-5-16-8-14-9/h5,8H,3-4,6-7H2,1-2H3,(H,13,15). The minimum atomic E-state index is -0.0755. The second-order valence-electron chi connectivity index (χ2n) is 3.90. The molecule has 0 aliphatic rings. The van der Waals surface area contributed by atoms with Crippen LogP contribution in [0.25, 0.3) is 0 Å². The highest BCUT2D eigenvalue weighted by Gasteiger charge is 2.25. The summed E-state index contributed by atoms with van der Waals surface area (Å²) in [5.41, 5.74) is 2.35. The lowest BCUT2D eigenvalue weighted by atomic mass is 9.84. The van der Waals surface area contributed by atoms with E-state index in [4.69, 9.17) is 0 Å². The van der Waals surface area contributed by atoms with Crippen LogP contribution in [0, 0.1) is 5.41 Å². The molecule has 0 spiro atoms. The van der Waals surface area contributed by atoms with Crippen molar-refractivity contribution >= 4 is 33.2 Å². The predicted octanol–water partition coefficient (Wildman–Crippen LogP) is 3.07. The Kier molecular flexibility index (Phi) is 5.41. The Hall–Kier alpha value is -0.420. The summed E-state index contributed by atoms with van der Waals surface area (Å²) >= 11 is 4.96. The number of thiazole rings is 1. The molecule has 1 N–H and O–H groups in total. The van der Waals surface area contributed by atoms with E-state index in [2.05, 4.69) is 40.1 Å². The number of amides is 1. The molecular weight excluding hydrogens is 288 g/mol. The number of alkyl halides is 1. The van der Waals surface area contributed by atoms with E-state index in [9.17, 15) is 4.79 Å². The Labute approximate surface area is 109 Å². The third kappa shape index (κ3) is 3.28. The molecule has 0 aliphatic heterocycles. The second kappa shape index (κ2) is 6.35. The zero-order valence-corrected chi connectivity index (χ0v) is 12.0. The van der Waals surface area contributed by atoms with Crippen molar-refractivity contribution < 1.29 is 4.79 Å². The van der Waals surface area contributed by atoms with Crippen LogP contribution in [-0.4, -0.2) is 22.8 Å². The third-order valence-electron chi connectivity index (χ3n) is 3.07. The maximum absolute atomic E-state index is 11.7. The Morgan fingerprint density at radius 3 is 2.69 bits per heavy atom. The normalized spacial score (nSPS) is 11.4. The number of halogens is 1. The van der Waals surface area contributed by atoms with Crippen LogP contribution in [-0.2, 0) is 0 Å². The van der Waals surface area contributed by atoms with Crippen molar-refractivity contribution in [3.8, 4) is 0 Å². The quantitative estimate of drug-likeness (QED) is 0.821. The SMILES string of the molecule is CCC(CC)(CBr)CNC(=O)c1cscn1. The van der Waals surface area contributed by atoms with Crippen LogP contribution in [0.5, 0.6) is 0 Å². The van der Waals surface area contributed by atoms with Crippen molar-refractivity contribution in [3.05, 3.63) is 16.6 Å². The van der Waals surface area contributed by atoms with E-state index in [0.717, 1.165) is 18.2 Å². The van der Waals surface area contributed by atoms with Crippen LogP contribution < -0.4 is 5.32 Å². The van der Waals surface area contributed by atoms with Crippen LogP contribution >= 0.6 is 27.3 Å². The van der Waals surface area contributed by atoms with Gasteiger partial charge in [0.15, 0.2) is 0 Å². The summed E-state index contributed by atoms with van der Waals surface area (Å²) in [6.45, 7) is 5.00. The van der Waals surface area contributed by atoms with Crippen molar-refractivity contribution in [2.24, 2.45) is 5.41 Å². The molecule has 1 heterocycles. The number of nitrogens with one attached hydrogen (secondary N) is 1. The van der Waals surface area contributed by atoms with Gasteiger partial charge in [-0.05, 0) is 18.3 Å². The summed E-state index contributed by atoms with van der Waals surface area (Å²) in [5, 5.41) is 5.63. The Balaban J connectivity index is 2.53. The topological polar surface area (TPSA) is 42.0 Å².